The Bertz CT molecular complexity index is 745. The van der Waals surface area contributed by atoms with E-state index in [-0.39, 0.29) is 5.56 Å². The van der Waals surface area contributed by atoms with E-state index in [1.807, 2.05) is 17.7 Å². The fraction of sp³-hybridized carbons (Fsp3) is 0.0833. The molecular formula is C12H9N3O2S. The summed E-state index contributed by atoms with van der Waals surface area (Å²) in [6.07, 6.45) is 1.55. The number of aromatic nitrogens is 3. The highest BCUT2D eigenvalue weighted by atomic mass is 32.1. The molecule has 3 heterocycles. The molecule has 3 aromatic rings. The number of nitrogens with zero attached hydrogens (tertiary/aromatic N) is 3. The van der Waals surface area contributed by atoms with E-state index >= 15 is 0 Å². The molecule has 0 aliphatic carbocycles. The van der Waals surface area contributed by atoms with E-state index in [4.69, 9.17) is 5.11 Å². The van der Waals surface area contributed by atoms with Gasteiger partial charge in [-0.05, 0) is 30.0 Å². The maximum atomic E-state index is 11.0. The molecule has 3 aromatic heterocycles. The van der Waals surface area contributed by atoms with Crippen LogP contribution in [0.25, 0.3) is 17.0 Å². The molecular weight excluding hydrogens is 250 g/mol. The Morgan fingerprint density at radius 1 is 1.33 bits per heavy atom. The molecule has 18 heavy (non-hydrogen) atoms. The lowest BCUT2D eigenvalue weighted by molar-refractivity contribution is 0.0696. The number of hydrogen-bond donors (Lipinski definition) is 1. The zero-order valence-corrected chi connectivity index (χ0v) is 10.3. The van der Waals surface area contributed by atoms with Gasteiger partial charge in [0.05, 0.1) is 5.56 Å². The maximum Gasteiger partial charge on any atom is 0.337 e. The van der Waals surface area contributed by atoms with Gasteiger partial charge < -0.3 is 5.11 Å². The number of thiophene rings is 1. The summed E-state index contributed by atoms with van der Waals surface area (Å²) in [6, 6.07) is 3.18. The summed E-state index contributed by atoms with van der Waals surface area (Å²) in [5, 5.41) is 21.2. The van der Waals surface area contributed by atoms with E-state index in [1.54, 1.807) is 28.0 Å². The second-order valence-electron chi connectivity index (χ2n) is 3.94. The zero-order valence-electron chi connectivity index (χ0n) is 9.49. The van der Waals surface area contributed by atoms with E-state index in [2.05, 4.69) is 10.2 Å². The molecule has 0 aromatic carbocycles. The summed E-state index contributed by atoms with van der Waals surface area (Å²) in [7, 11) is 0. The predicted octanol–water partition coefficient (Wildman–Crippen LogP) is 2.46. The molecule has 0 bridgehead atoms. The van der Waals surface area contributed by atoms with Gasteiger partial charge in [0.25, 0.3) is 0 Å². The monoisotopic (exact) mass is 259 g/mol. The zero-order chi connectivity index (χ0) is 12.7. The number of carboxylic acids is 1. The molecule has 0 unspecified atom stereocenters. The van der Waals surface area contributed by atoms with E-state index in [0.29, 0.717) is 11.5 Å². The molecule has 0 radical (unpaired) electrons. The first kappa shape index (κ1) is 10.9. The summed E-state index contributed by atoms with van der Waals surface area (Å²) in [6.45, 7) is 1.99. The van der Waals surface area contributed by atoms with Crippen molar-refractivity contribution in [2.24, 2.45) is 0 Å². The van der Waals surface area contributed by atoms with Crippen molar-refractivity contribution in [1.29, 1.82) is 0 Å². The smallest absolute Gasteiger partial charge is 0.337 e. The number of fused-ring (bicyclic) bond motifs is 1. The van der Waals surface area contributed by atoms with Crippen LogP contribution in [0, 0.1) is 6.92 Å². The molecule has 0 spiro atoms. The molecule has 0 atom stereocenters. The van der Waals surface area contributed by atoms with Gasteiger partial charge in [0.1, 0.15) is 0 Å². The van der Waals surface area contributed by atoms with Crippen LogP contribution in [0.15, 0.2) is 29.1 Å². The number of rotatable bonds is 2. The Hall–Kier alpha value is -2.21. The molecule has 90 valence electrons. The third-order valence-electron chi connectivity index (χ3n) is 2.75. The fourth-order valence-corrected chi connectivity index (χ4v) is 2.62. The van der Waals surface area contributed by atoms with E-state index in [9.17, 15) is 4.79 Å². The lowest BCUT2D eigenvalue weighted by atomic mass is 10.2. The maximum absolute atomic E-state index is 11.0. The molecule has 0 saturated heterocycles. The van der Waals surface area contributed by atoms with Crippen LogP contribution in [0.2, 0.25) is 0 Å². The van der Waals surface area contributed by atoms with Crippen LogP contribution in [0.4, 0.5) is 0 Å². The van der Waals surface area contributed by atoms with Crippen LogP contribution in [-0.4, -0.2) is 25.7 Å². The van der Waals surface area contributed by atoms with Crippen LogP contribution < -0.4 is 0 Å². The van der Waals surface area contributed by atoms with Crippen LogP contribution in [0.5, 0.6) is 0 Å². The van der Waals surface area contributed by atoms with Crippen molar-refractivity contribution in [3.05, 3.63) is 40.2 Å². The highest BCUT2D eigenvalue weighted by Crippen LogP contribution is 2.25. The SMILES string of the molecule is Cc1cscc1-c1nnc2ccc(C(=O)O)cn12. The van der Waals surface area contributed by atoms with Crippen molar-refractivity contribution in [2.75, 3.05) is 0 Å². The largest absolute Gasteiger partial charge is 0.478 e. The molecule has 0 saturated carbocycles. The Kier molecular flexibility index (Phi) is 2.38. The lowest BCUT2D eigenvalue weighted by Crippen LogP contribution is -1.99. The van der Waals surface area contributed by atoms with Crippen molar-refractivity contribution >= 4 is 23.0 Å². The second-order valence-corrected chi connectivity index (χ2v) is 4.69. The summed E-state index contributed by atoms with van der Waals surface area (Å²) in [4.78, 5) is 11.0. The van der Waals surface area contributed by atoms with Crippen molar-refractivity contribution in [1.82, 2.24) is 14.6 Å². The first-order chi connectivity index (χ1) is 8.66. The number of carboxylic acid groups (broad SMARTS) is 1. The minimum absolute atomic E-state index is 0.219. The van der Waals surface area contributed by atoms with Crippen molar-refractivity contribution in [2.45, 2.75) is 6.92 Å². The van der Waals surface area contributed by atoms with Gasteiger partial charge in [-0.1, -0.05) is 0 Å². The van der Waals surface area contributed by atoms with Crippen molar-refractivity contribution in [3.63, 3.8) is 0 Å². The predicted molar refractivity (Wildman–Crippen MR) is 68.0 cm³/mol. The topological polar surface area (TPSA) is 67.5 Å². The molecule has 0 aliphatic heterocycles. The van der Waals surface area contributed by atoms with Crippen LogP contribution in [0.1, 0.15) is 15.9 Å². The molecule has 5 nitrogen and oxygen atoms in total. The Morgan fingerprint density at radius 3 is 2.83 bits per heavy atom. The number of aryl methyl sites for hydroxylation is 1. The number of aromatic carboxylic acids is 1. The number of hydrogen-bond acceptors (Lipinski definition) is 4. The van der Waals surface area contributed by atoms with Crippen LogP contribution >= 0.6 is 11.3 Å². The summed E-state index contributed by atoms with van der Waals surface area (Å²) in [5.74, 6) is -0.287. The van der Waals surface area contributed by atoms with Crippen molar-refractivity contribution in [3.8, 4) is 11.4 Å². The summed E-state index contributed by atoms with van der Waals surface area (Å²) < 4.78 is 1.71. The highest BCUT2D eigenvalue weighted by molar-refractivity contribution is 7.08. The van der Waals surface area contributed by atoms with Gasteiger partial charge in [0.2, 0.25) is 0 Å². The number of pyridine rings is 1. The Morgan fingerprint density at radius 2 is 2.17 bits per heavy atom. The van der Waals surface area contributed by atoms with Gasteiger partial charge >= 0.3 is 5.97 Å². The summed E-state index contributed by atoms with van der Waals surface area (Å²) >= 11 is 1.59. The van der Waals surface area contributed by atoms with Crippen LogP contribution in [0.3, 0.4) is 0 Å². The van der Waals surface area contributed by atoms with Gasteiger partial charge in [0.15, 0.2) is 11.5 Å². The minimum atomic E-state index is -0.960. The average molecular weight is 259 g/mol. The Labute approximate surface area is 106 Å². The molecule has 6 heteroatoms. The third kappa shape index (κ3) is 1.58. The molecule has 1 N–H and O–H groups in total. The van der Waals surface area contributed by atoms with E-state index in [1.165, 1.54) is 6.07 Å². The first-order valence-corrected chi connectivity index (χ1v) is 6.22. The van der Waals surface area contributed by atoms with Gasteiger partial charge in [0, 0.05) is 17.1 Å². The van der Waals surface area contributed by atoms with E-state index < -0.39 is 5.97 Å². The number of carbonyl (C=O) groups is 1. The normalized spacial score (nSPS) is 10.9. The lowest BCUT2D eigenvalue weighted by Gasteiger charge is -2.00. The fourth-order valence-electron chi connectivity index (χ4n) is 1.79. The summed E-state index contributed by atoms with van der Waals surface area (Å²) in [5.41, 5.74) is 2.95. The standard InChI is InChI=1S/C12H9N3O2S/c1-7-5-18-6-9(7)11-14-13-10-3-2-8(12(16)17)4-15(10)11/h2-6H,1H3,(H,16,17). The quantitative estimate of drug-likeness (QED) is 0.767. The molecule has 0 aliphatic rings. The van der Waals surface area contributed by atoms with Crippen LogP contribution in [-0.2, 0) is 0 Å². The van der Waals surface area contributed by atoms with Gasteiger partial charge in [-0.25, -0.2) is 4.79 Å². The second kappa shape index (κ2) is 3.92. The molecule has 0 fully saturated rings. The van der Waals surface area contributed by atoms with Gasteiger partial charge in [-0.15, -0.1) is 10.2 Å². The minimum Gasteiger partial charge on any atom is -0.478 e. The van der Waals surface area contributed by atoms with Crippen molar-refractivity contribution < 1.29 is 9.90 Å². The molecule has 0 amide bonds. The Balaban J connectivity index is 2.27. The highest BCUT2D eigenvalue weighted by Gasteiger charge is 2.13. The average Bonchev–Trinajstić information content (AvgIpc) is 2.93. The molecule has 3 rings (SSSR count). The first-order valence-electron chi connectivity index (χ1n) is 5.28. The van der Waals surface area contributed by atoms with E-state index in [0.717, 1.165) is 11.1 Å². The van der Waals surface area contributed by atoms with Gasteiger partial charge in [-0.2, -0.15) is 11.3 Å². The van der Waals surface area contributed by atoms with Gasteiger partial charge in [-0.3, -0.25) is 4.40 Å². The third-order valence-corrected chi connectivity index (χ3v) is 3.61.